The lowest BCUT2D eigenvalue weighted by Gasteiger charge is -2.27. The first-order valence-corrected chi connectivity index (χ1v) is 9.74. The van der Waals surface area contributed by atoms with Gasteiger partial charge in [0.1, 0.15) is 10.6 Å². The first kappa shape index (κ1) is 19.1. The third-order valence-corrected chi connectivity index (χ3v) is 5.82. The van der Waals surface area contributed by atoms with Crippen LogP contribution in [-0.4, -0.2) is 26.9 Å². The Bertz CT molecular complexity index is 1010. The molecule has 1 unspecified atom stereocenters. The molecule has 1 atom stereocenters. The van der Waals surface area contributed by atoms with Crippen LogP contribution in [0.3, 0.4) is 0 Å². The van der Waals surface area contributed by atoms with Gasteiger partial charge in [-0.1, -0.05) is 30.3 Å². The lowest BCUT2D eigenvalue weighted by Crippen LogP contribution is -2.21. The van der Waals surface area contributed by atoms with Gasteiger partial charge in [-0.05, 0) is 42.3 Å². The van der Waals surface area contributed by atoms with Crippen molar-refractivity contribution < 1.29 is 23.4 Å². The number of hydrogen-bond acceptors (Lipinski definition) is 5. The molecule has 0 saturated carbocycles. The lowest BCUT2D eigenvalue weighted by molar-refractivity contribution is 0.0703. The number of anilines is 2. The summed E-state index contributed by atoms with van der Waals surface area (Å²) < 4.78 is 30.2. The van der Waals surface area contributed by atoms with Gasteiger partial charge in [0.2, 0.25) is 0 Å². The number of aryl methyl sites for hydroxylation is 1. The van der Waals surface area contributed by atoms with Crippen LogP contribution in [0, 0.1) is 6.92 Å². The van der Waals surface area contributed by atoms with Crippen molar-refractivity contribution in [2.45, 2.75) is 6.92 Å². The zero-order valence-electron chi connectivity index (χ0n) is 14.5. The number of hydrogen-bond donors (Lipinski definition) is 1. The number of nitrogens with zero attached hydrogens (tertiary/aromatic N) is 1. The molecule has 1 heterocycles. The van der Waals surface area contributed by atoms with E-state index in [1.54, 1.807) is 62.6 Å². The topological polar surface area (TPSA) is 89.9 Å². The van der Waals surface area contributed by atoms with Crippen LogP contribution < -0.4 is 9.04 Å². The van der Waals surface area contributed by atoms with Gasteiger partial charge in [0.15, 0.2) is 0 Å². The van der Waals surface area contributed by atoms with Crippen LogP contribution in [0.5, 0.6) is 5.75 Å². The molecule has 6 nitrogen and oxygen atoms in total. The molecule has 0 aliphatic heterocycles. The standard InChI is InChI=1S/C19H17NO5S2/c1-12-6-3-4-9-15(12)20(27(23)24)16-11-17(26-18(16)19(21)22)13-7-5-8-14(10-13)25-2/h3-11H,1-2H3,(H,21,22)(H,23,24)/p-1. The monoisotopic (exact) mass is 402 g/mol. The van der Waals surface area contributed by atoms with E-state index in [1.807, 2.05) is 6.07 Å². The predicted octanol–water partition coefficient (Wildman–Crippen LogP) is 4.36. The summed E-state index contributed by atoms with van der Waals surface area (Å²) in [6.45, 7) is 1.77. The normalized spacial score (nSPS) is 11.8. The Kier molecular flexibility index (Phi) is 5.59. The average Bonchev–Trinajstić information content (AvgIpc) is 3.08. The van der Waals surface area contributed by atoms with Crippen LogP contribution in [0.2, 0.25) is 0 Å². The molecule has 0 aliphatic rings. The van der Waals surface area contributed by atoms with E-state index in [-0.39, 0.29) is 10.6 Å². The number of aromatic carboxylic acids is 1. The minimum atomic E-state index is -2.69. The molecular formula is C19H16NO5S2-. The summed E-state index contributed by atoms with van der Waals surface area (Å²) in [6, 6.07) is 15.6. The summed E-state index contributed by atoms with van der Waals surface area (Å²) in [5.41, 5.74) is 1.97. The van der Waals surface area contributed by atoms with Gasteiger partial charge in [0.05, 0.1) is 29.8 Å². The van der Waals surface area contributed by atoms with Crippen LogP contribution in [0.15, 0.2) is 54.6 Å². The minimum absolute atomic E-state index is 0.0553. The van der Waals surface area contributed by atoms with Crippen LogP contribution in [0.4, 0.5) is 11.4 Å². The third kappa shape index (κ3) is 3.87. The van der Waals surface area contributed by atoms with Gasteiger partial charge in [0.25, 0.3) is 0 Å². The van der Waals surface area contributed by atoms with Gasteiger partial charge in [-0.2, -0.15) is 0 Å². The summed E-state index contributed by atoms with van der Waals surface area (Å²) in [6.07, 6.45) is 0. The molecule has 3 rings (SSSR count). The molecule has 27 heavy (non-hydrogen) atoms. The summed E-state index contributed by atoms with van der Waals surface area (Å²) >= 11 is -1.67. The van der Waals surface area contributed by atoms with Crippen LogP contribution in [-0.2, 0) is 11.3 Å². The third-order valence-electron chi connectivity index (χ3n) is 3.96. The fourth-order valence-corrected chi connectivity index (χ4v) is 4.39. The van der Waals surface area contributed by atoms with Crippen molar-refractivity contribution in [1.29, 1.82) is 0 Å². The Labute approximate surface area is 163 Å². The van der Waals surface area contributed by atoms with Crippen molar-refractivity contribution in [2.24, 2.45) is 0 Å². The van der Waals surface area contributed by atoms with E-state index >= 15 is 0 Å². The van der Waals surface area contributed by atoms with Gasteiger partial charge < -0.3 is 14.4 Å². The predicted molar refractivity (Wildman–Crippen MR) is 106 cm³/mol. The van der Waals surface area contributed by atoms with Crippen molar-refractivity contribution in [3.8, 4) is 16.2 Å². The second-order valence-electron chi connectivity index (χ2n) is 5.66. The highest BCUT2D eigenvalue weighted by Crippen LogP contribution is 2.41. The van der Waals surface area contributed by atoms with Crippen LogP contribution in [0.25, 0.3) is 10.4 Å². The Morgan fingerprint density at radius 2 is 1.89 bits per heavy atom. The Balaban J connectivity index is 2.18. The van der Waals surface area contributed by atoms with E-state index in [1.165, 1.54) is 0 Å². The maximum absolute atomic E-state index is 12.0. The van der Waals surface area contributed by atoms with Crippen molar-refractivity contribution in [3.63, 3.8) is 0 Å². The van der Waals surface area contributed by atoms with E-state index in [2.05, 4.69) is 0 Å². The zero-order chi connectivity index (χ0) is 19.6. The Morgan fingerprint density at radius 1 is 1.15 bits per heavy atom. The molecule has 1 N–H and O–H groups in total. The van der Waals surface area contributed by atoms with Crippen LogP contribution >= 0.6 is 11.3 Å². The summed E-state index contributed by atoms with van der Waals surface area (Å²) in [7, 11) is 1.54. The highest BCUT2D eigenvalue weighted by molar-refractivity contribution is 7.81. The molecule has 0 spiro atoms. The second kappa shape index (κ2) is 7.91. The number of carboxylic acid groups (broad SMARTS) is 1. The maximum atomic E-state index is 12.0. The molecule has 0 amide bonds. The van der Waals surface area contributed by atoms with Crippen molar-refractivity contribution in [1.82, 2.24) is 0 Å². The van der Waals surface area contributed by atoms with Gasteiger partial charge in [0, 0.05) is 4.88 Å². The fraction of sp³-hybridized carbons (Fsp3) is 0.105. The number of methoxy groups -OCH3 is 1. The highest BCUT2D eigenvalue weighted by Gasteiger charge is 2.24. The highest BCUT2D eigenvalue weighted by atomic mass is 32.2. The molecule has 2 aromatic carbocycles. The quantitative estimate of drug-likeness (QED) is 0.619. The first-order chi connectivity index (χ1) is 12.9. The summed E-state index contributed by atoms with van der Waals surface area (Å²) in [4.78, 5) is 12.4. The molecule has 0 aliphatic carbocycles. The molecule has 0 saturated heterocycles. The number of thiophene rings is 1. The fourth-order valence-electron chi connectivity index (χ4n) is 2.69. The van der Waals surface area contributed by atoms with Gasteiger partial charge >= 0.3 is 5.97 Å². The van der Waals surface area contributed by atoms with Crippen molar-refractivity contribution in [3.05, 3.63) is 65.0 Å². The van der Waals surface area contributed by atoms with E-state index in [0.29, 0.717) is 21.9 Å². The summed E-state index contributed by atoms with van der Waals surface area (Å²) in [5, 5.41) is 9.63. The number of para-hydroxylation sites is 1. The largest absolute Gasteiger partial charge is 0.755 e. The number of benzene rings is 2. The van der Waals surface area contributed by atoms with E-state index in [9.17, 15) is 18.7 Å². The minimum Gasteiger partial charge on any atom is -0.755 e. The SMILES string of the molecule is COc1cccc(-c2cc(N(c3ccccc3C)S(=O)[O-])c(C(=O)O)s2)c1. The maximum Gasteiger partial charge on any atom is 0.348 e. The number of carboxylic acids is 1. The number of rotatable bonds is 6. The van der Waals surface area contributed by atoms with Crippen molar-refractivity contribution in [2.75, 3.05) is 11.4 Å². The van der Waals surface area contributed by atoms with Gasteiger partial charge in [-0.25, -0.2) is 4.79 Å². The second-order valence-corrected chi connectivity index (χ2v) is 7.51. The smallest absolute Gasteiger partial charge is 0.348 e. The van der Waals surface area contributed by atoms with Crippen molar-refractivity contribution >= 4 is 39.9 Å². The van der Waals surface area contributed by atoms with E-state index < -0.39 is 17.2 Å². The summed E-state index contributed by atoms with van der Waals surface area (Å²) in [5.74, 6) is -0.560. The average molecular weight is 402 g/mol. The Hall–Kier alpha value is -2.68. The van der Waals surface area contributed by atoms with E-state index in [0.717, 1.165) is 21.2 Å². The van der Waals surface area contributed by atoms with E-state index in [4.69, 9.17) is 4.74 Å². The molecule has 0 radical (unpaired) electrons. The lowest BCUT2D eigenvalue weighted by atomic mass is 10.1. The zero-order valence-corrected chi connectivity index (χ0v) is 16.2. The molecular weight excluding hydrogens is 386 g/mol. The van der Waals surface area contributed by atoms with Gasteiger partial charge in [-0.15, -0.1) is 11.3 Å². The first-order valence-electron chi connectivity index (χ1n) is 7.89. The van der Waals surface area contributed by atoms with Crippen LogP contribution in [0.1, 0.15) is 15.2 Å². The molecule has 0 bridgehead atoms. The molecule has 140 valence electrons. The molecule has 0 fully saturated rings. The Morgan fingerprint density at radius 3 is 2.52 bits per heavy atom. The van der Waals surface area contributed by atoms with Gasteiger partial charge in [-0.3, -0.25) is 8.51 Å². The molecule has 1 aromatic heterocycles. The molecule has 8 heteroatoms. The number of ether oxygens (including phenoxy) is 1. The number of carbonyl (C=O) groups is 1. The molecule has 3 aromatic rings.